The van der Waals surface area contributed by atoms with Crippen molar-refractivity contribution in [1.82, 2.24) is 24.8 Å². The molecule has 1 aliphatic carbocycles. The smallest absolute Gasteiger partial charge is 0.224 e. The van der Waals surface area contributed by atoms with Gasteiger partial charge in [0.15, 0.2) is 0 Å². The van der Waals surface area contributed by atoms with Gasteiger partial charge in [-0.2, -0.15) is 0 Å². The summed E-state index contributed by atoms with van der Waals surface area (Å²) in [6, 6.07) is 8.39. The van der Waals surface area contributed by atoms with Crippen LogP contribution in [0.15, 0.2) is 43.1 Å². The van der Waals surface area contributed by atoms with Crippen LogP contribution in [-0.2, 0) is 6.54 Å². The van der Waals surface area contributed by atoms with Crippen molar-refractivity contribution in [2.45, 2.75) is 19.4 Å². The quantitative estimate of drug-likeness (QED) is 0.655. The van der Waals surface area contributed by atoms with E-state index in [1.807, 2.05) is 6.07 Å². The molecule has 3 heterocycles. The maximum Gasteiger partial charge on any atom is 0.224 e. The van der Waals surface area contributed by atoms with Gasteiger partial charge in [-0.1, -0.05) is 0 Å². The van der Waals surface area contributed by atoms with Crippen LogP contribution in [0.3, 0.4) is 0 Å². The van der Waals surface area contributed by atoms with Gasteiger partial charge in [-0.25, -0.2) is 19.9 Å². The molecule has 1 saturated heterocycles. The lowest BCUT2D eigenvalue weighted by Crippen LogP contribution is -2.46. The Hall–Kier alpha value is -2.80. The summed E-state index contributed by atoms with van der Waals surface area (Å²) >= 11 is 0. The molecular weight excluding hydrogens is 352 g/mol. The molecular formula is C21H24N6O. The van der Waals surface area contributed by atoms with Crippen molar-refractivity contribution in [3.05, 3.63) is 48.8 Å². The van der Waals surface area contributed by atoms with Gasteiger partial charge in [0.05, 0.1) is 23.2 Å². The van der Waals surface area contributed by atoms with E-state index >= 15 is 0 Å². The highest BCUT2D eigenvalue weighted by molar-refractivity contribution is 5.86. The number of hydrogen-bond acceptors (Lipinski definition) is 7. The molecule has 1 aliphatic heterocycles. The molecule has 2 fully saturated rings. The molecule has 0 amide bonds. The second-order valence-corrected chi connectivity index (χ2v) is 7.60. The van der Waals surface area contributed by atoms with Gasteiger partial charge in [0.2, 0.25) is 5.88 Å². The number of ether oxygens (including phenoxy) is 1. The van der Waals surface area contributed by atoms with Crippen LogP contribution >= 0.6 is 0 Å². The molecule has 0 bridgehead atoms. The second kappa shape index (κ2) is 7.67. The van der Waals surface area contributed by atoms with Crippen LogP contribution in [0.1, 0.15) is 18.5 Å². The van der Waals surface area contributed by atoms with Crippen molar-refractivity contribution in [3.8, 4) is 5.88 Å². The molecule has 1 aromatic carbocycles. The Morgan fingerprint density at radius 2 is 1.86 bits per heavy atom. The minimum absolute atomic E-state index is 0.705. The summed E-state index contributed by atoms with van der Waals surface area (Å²) in [4.78, 5) is 22.0. The number of nitrogens with zero attached hydrogens (tertiary/aromatic N) is 6. The summed E-state index contributed by atoms with van der Waals surface area (Å²) < 4.78 is 5.98. The molecule has 3 aromatic rings. The fourth-order valence-electron chi connectivity index (χ4n) is 3.62. The van der Waals surface area contributed by atoms with Gasteiger partial charge in [-0.3, -0.25) is 4.90 Å². The van der Waals surface area contributed by atoms with Gasteiger partial charge in [-0.15, -0.1) is 0 Å². The third kappa shape index (κ3) is 3.89. The standard InChI is InChI=1S/C21H24N6O/c1-2-16(1)13-28-21-19-11-18(3-4-20(19)24-15-25-21)27-9-7-26(8-10-27)12-17-5-6-22-14-23-17/h3-6,11,14-16H,1-2,7-10,12-13H2. The minimum Gasteiger partial charge on any atom is -0.477 e. The monoisotopic (exact) mass is 376 g/mol. The van der Waals surface area contributed by atoms with Gasteiger partial charge in [0.25, 0.3) is 0 Å². The van der Waals surface area contributed by atoms with Gasteiger partial charge < -0.3 is 9.64 Å². The van der Waals surface area contributed by atoms with Gasteiger partial charge in [-0.05, 0) is 43.0 Å². The number of benzene rings is 1. The van der Waals surface area contributed by atoms with Crippen LogP contribution in [0, 0.1) is 5.92 Å². The number of piperazine rings is 1. The number of rotatable bonds is 6. The molecule has 5 rings (SSSR count). The highest BCUT2D eigenvalue weighted by Crippen LogP contribution is 2.32. The summed E-state index contributed by atoms with van der Waals surface area (Å²) in [5, 5.41) is 1.00. The van der Waals surface area contributed by atoms with Gasteiger partial charge >= 0.3 is 0 Å². The molecule has 0 atom stereocenters. The predicted octanol–water partition coefficient (Wildman–Crippen LogP) is 2.53. The molecule has 7 nitrogen and oxygen atoms in total. The van der Waals surface area contributed by atoms with Crippen LogP contribution in [0.4, 0.5) is 5.69 Å². The average Bonchev–Trinajstić information content (AvgIpc) is 3.58. The predicted molar refractivity (Wildman–Crippen MR) is 107 cm³/mol. The Morgan fingerprint density at radius 1 is 0.964 bits per heavy atom. The van der Waals surface area contributed by atoms with Crippen LogP contribution < -0.4 is 9.64 Å². The van der Waals surface area contributed by atoms with Crippen molar-refractivity contribution < 1.29 is 4.74 Å². The van der Waals surface area contributed by atoms with E-state index < -0.39 is 0 Å². The minimum atomic E-state index is 0.705. The zero-order chi connectivity index (χ0) is 18.8. The molecule has 0 spiro atoms. The molecule has 0 N–H and O–H groups in total. The third-order valence-corrected chi connectivity index (χ3v) is 5.50. The topological polar surface area (TPSA) is 67.3 Å². The maximum absolute atomic E-state index is 5.98. The van der Waals surface area contributed by atoms with Crippen LogP contribution in [0.25, 0.3) is 10.9 Å². The summed E-state index contributed by atoms with van der Waals surface area (Å²) in [6.07, 6.45) is 7.56. The highest BCUT2D eigenvalue weighted by Gasteiger charge is 2.23. The fraction of sp³-hybridized carbons (Fsp3) is 0.429. The summed E-state index contributed by atoms with van der Waals surface area (Å²) in [7, 11) is 0. The normalized spacial score (nSPS) is 17.8. The zero-order valence-corrected chi connectivity index (χ0v) is 15.9. The summed E-state index contributed by atoms with van der Waals surface area (Å²) in [5.41, 5.74) is 3.22. The van der Waals surface area contributed by atoms with E-state index in [1.165, 1.54) is 18.5 Å². The Bertz CT molecular complexity index is 938. The van der Waals surface area contributed by atoms with Crippen molar-refractivity contribution in [3.63, 3.8) is 0 Å². The first-order valence-electron chi connectivity index (χ1n) is 9.95. The van der Waals surface area contributed by atoms with E-state index in [2.05, 4.69) is 47.9 Å². The van der Waals surface area contributed by atoms with Crippen molar-refractivity contribution in [2.75, 3.05) is 37.7 Å². The van der Waals surface area contributed by atoms with Gasteiger partial charge in [0.1, 0.15) is 12.7 Å². The number of anilines is 1. The van der Waals surface area contributed by atoms with E-state index in [-0.39, 0.29) is 0 Å². The van der Waals surface area contributed by atoms with E-state index in [9.17, 15) is 0 Å². The molecule has 2 aliphatic rings. The van der Waals surface area contributed by atoms with Crippen LogP contribution in [-0.4, -0.2) is 57.6 Å². The summed E-state index contributed by atoms with van der Waals surface area (Å²) in [6.45, 7) is 5.64. The van der Waals surface area contributed by atoms with Crippen LogP contribution in [0.2, 0.25) is 0 Å². The van der Waals surface area contributed by atoms with E-state index in [4.69, 9.17) is 4.74 Å². The molecule has 2 aromatic heterocycles. The Labute approximate surface area is 164 Å². The summed E-state index contributed by atoms with van der Waals surface area (Å²) in [5.74, 6) is 1.41. The largest absolute Gasteiger partial charge is 0.477 e. The highest BCUT2D eigenvalue weighted by atomic mass is 16.5. The molecule has 7 heteroatoms. The lowest BCUT2D eigenvalue weighted by molar-refractivity contribution is 0.247. The fourth-order valence-corrected chi connectivity index (χ4v) is 3.62. The lowest BCUT2D eigenvalue weighted by Gasteiger charge is -2.36. The van der Waals surface area contributed by atoms with E-state index in [0.29, 0.717) is 11.8 Å². The van der Waals surface area contributed by atoms with Crippen molar-refractivity contribution in [1.29, 1.82) is 0 Å². The van der Waals surface area contributed by atoms with Crippen molar-refractivity contribution >= 4 is 16.6 Å². The second-order valence-electron chi connectivity index (χ2n) is 7.60. The third-order valence-electron chi connectivity index (χ3n) is 5.50. The zero-order valence-electron chi connectivity index (χ0n) is 15.9. The number of fused-ring (bicyclic) bond motifs is 1. The molecule has 28 heavy (non-hydrogen) atoms. The molecule has 0 unspecified atom stereocenters. The SMILES string of the molecule is c1cc(CN2CCN(c3ccc4ncnc(OCC5CC5)c4c3)CC2)ncn1. The first-order valence-corrected chi connectivity index (χ1v) is 9.95. The first-order chi connectivity index (χ1) is 13.8. The number of aromatic nitrogens is 4. The Morgan fingerprint density at radius 3 is 2.64 bits per heavy atom. The first kappa shape index (κ1) is 17.3. The maximum atomic E-state index is 5.98. The molecule has 144 valence electrons. The van der Waals surface area contributed by atoms with Gasteiger partial charge in [0, 0.05) is 44.6 Å². The molecule has 0 radical (unpaired) electrons. The number of hydrogen-bond donors (Lipinski definition) is 0. The van der Waals surface area contributed by atoms with E-state index in [0.717, 1.165) is 55.9 Å². The van der Waals surface area contributed by atoms with Crippen molar-refractivity contribution in [2.24, 2.45) is 5.92 Å². The Kier molecular flexibility index (Phi) is 4.74. The average molecular weight is 376 g/mol. The molecule has 1 saturated carbocycles. The van der Waals surface area contributed by atoms with Crippen LogP contribution in [0.5, 0.6) is 5.88 Å². The Balaban J connectivity index is 1.27. The lowest BCUT2D eigenvalue weighted by atomic mass is 10.2. The van der Waals surface area contributed by atoms with E-state index in [1.54, 1.807) is 18.9 Å².